The zero-order valence-corrected chi connectivity index (χ0v) is 12.1. The van der Waals surface area contributed by atoms with Crippen LogP contribution in [0.2, 0.25) is 0 Å². The number of hydrogen-bond acceptors (Lipinski definition) is 1. The number of benzene rings is 2. The number of carbonyl (C=O) groups is 1. The number of nitrogens with zero attached hydrogens (tertiary/aromatic N) is 1. The monoisotopic (exact) mass is 333 g/mol. The Hall–Kier alpha value is -1.76. The molecule has 19 heavy (non-hydrogen) atoms. The van der Waals surface area contributed by atoms with Crippen molar-refractivity contribution in [1.82, 2.24) is 0 Å². The average Bonchev–Trinajstić information content (AvgIpc) is 2.42. The highest BCUT2D eigenvalue weighted by Gasteiger charge is 2.09. The van der Waals surface area contributed by atoms with E-state index < -0.39 is 5.37 Å². The van der Waals surface area contributed by atoms with Crippen LogP contribution in [0.5, 0.6) is 0 Å². The van der Waals surface area contributed by atoms with Crippen LogP contribution in [0.4, 0.5) is 10.5 Å². The van der Waals surface area contributed by atoms with Gasteiger partial charge in [0, 0.05) is 16.1 Å². The SMILES string of the molecule is O=C(Cl)N(C#Cc1ccc(Br)cc1)c1ccccc1. The summed E-state index contributed by atoms with van der Waals surface area (Å²) in [7, 11) is 0. The Morgan fingerprint density at radius 2 is 1.68 bits per heavy atom. The minimum absolute atomic E-state index is 0.629. The molecule has 0 unspecified atom stereocenters. The van der Waals surface area contributed by atoms with E-state index in [1.165, 1.54) is 4.90 Å². The van der Waals surface area contributed by atoms with Gasteiger partial charge in [-0.05, 0) is 53.9 Å². The van der Waals surface area contributed by atoms with Crippen molar-refractivity contribution in [2.75, 3.05) is 4.90 Å². The van der Waals surface area contributed by atoms with Crippen molar-refractivity contribution in [3.63, 3.8) is 0 Å². The van der Waals surface area contributed by atoms with E-state index in [4.69, 9.17) is 11.6 Å². The van der Waals surface area contributed by atoms with Crippen molar-refractivity contribution < 1.29 is 4.79 Å². The van der Waals surface area contributed by atoms with E-state index in [1.807, 2.05) is 42.5 Å². The number of para-hydroxylation sites is 1. The number of hydrogen-bond donors (Lipinski definition) is 0. The smallest absolute Gasteiger partial charge is 0.254 e. The van der Waals surface area contributed by atoms with Crippen LogP contribution in [0.3, 0.4) is 0 Å². The van der Waals surface area contributed by atoms with Crippen molar-refractivity contribution in [1.29, 1.82) is 0 Å². The second kappa shape index (κ2) is 6.42. The van der Waals surface area contributed by atoms with Gasteiger partial charge in [-0.15, -0.1) is 0 Å². The topological polar surface area (TPSA) is 20.3 Å². The highest BCUT2D eigenvalue weighted by Crippen LogP contribution is 2.15. The summed E-state index contributed by atoms with van der Waals surface area (Å²) in [6.45, 7) is 0. The van der Waals surface area contributed by atoms with Crippen LogP contribution < -0.4 is 4.90 Å². The maximum atomic E-state index is 11.4. The Morgan fingerprint density at radius 1 is 1.05 bits per heavy atom. The fraction of sp³-hybridized carbons (Fsp3) is 0. The summed E-state index contributed by atoms with van der Waals surface area (Å²) in [5.74, 6) is 2.90. The van der Waals surface area contributed by atoms with Gasteiger partial charge in [0.25, 0.3) is 0 Å². The molecule has 0 aliphatic heterocycles. The third-order valence-electron chi connectivity index (χ3n) is 2.35. The van der Waals surface area contributed by atoms with Gasteiger partial charge in [-0.1, -0.05) is 34.1 Å². The largest absolute Gasteiger partial charge is 0.332 e. The minimum atomic E-state index is -0.629. The van der Waals surface area contributed by atoms with Gasteiger partial charge in [0.05, 0.1) is 5.69 Å². The lowest BCUT2D eigenvalue weighted by Gasteiger charge is -2.10. The van der Waals surface area contributed by atoms with Crippen LogP contribution in [0, 0.1) is 12.0 Å². The molecule has 1 amide bonds. The molecule has 0 N–H and O–H groups in total. The van der Waals surface area contributed by atoms with Gasteiger partial charge in [0.1, 0.15) is 0 Å². The molecule has 2 nitrogen and oxygen atoms in total. The fourth-order valence-electron chi connectivity index (χ4n) is 1.44. The second-order valence-corrected chi connectivity index (χ2v) is 4.91. The third-order valence-corrected chi connectivity index (χ3v) is 3.04. The Labute approximate surface area is 125 Å². The molecule has 0 fully saturated rings. The first kappa shape index (κ1) is 13.7. The molecule has 2 rings (SSSR count). The molecule has 0 aliphatic carbocycles. The zero-order chi connectivity index (χ0) is 13.7. The van der Waals surface area contributed by atoms with Crippen LogP contribution in [-0.4, -0.2) is 5.37 Å². The van der Waals surface area contributed by atoms with Crippen LogP contribution in [0.1, 0.15) is 5.56 Å². The van der Waals surface area contributed by atoms with Gasteiger partial charge in [-0.3, -0.25) is 4.79 Å². The fourth-order valence-corrected chi connectivity index (χ4v) is 1.84. The van der Waals surface area contributed by atoms with Crippen LogP contribution >= 0.6 is 27.5 Å². The first-order valence-corrected chi connectivity index (χ1v) is 6.66. The third kappa shape index (κ3) is 3.85. The molecule has 0 bridgehead atoms. The molecule has 0 saturated carbocycles. The van der Waals surface area contributed by atoms with Crippen molar-refractivity contribution in [3.8, 4) is 12.0 Å². The Bertz CT molecular complexity index is 629. The highest BCUT2D eigenvalue weighted by molar-refractivity contribution is 9.10. The van der Waals surface area contributed by atoms with Crippen LogP contribution in [0.25, 0.3) is 0 Å². The zero-order valence-electron chi connectivity index (χ0n) is 9.81. The molecule has 2 aromatic rings. The summed E-state index contributed by atoms with van der Waals surface area (Å²) < 4.78 is 0.978. The molecule has 0 aromatic heterocycles. The normalized spacial score (nSPS) is 9.37. The predicted molar refractivity (Wildman–Crippen MR) is 81.2 cm³/mol. The van der Waals surface area contributed by atoms with Crippen molar-refractivity contribution in [3.05, 3.63) is 64.6 Å². The molecule has 2 aromatic carbocycles. The molecular weight excluding hydrogens is 326 g/mol. The van der Waals surface area contributed by atoms with Gasteiger partial charge < -0.3 is 0 Å². The summed E-state index contributed by atoms with van der Waals surface area (Å²) in [4.78, 5) is 12.6. The summed E-state index contributed by atoms with van der Waals surface area (Å²) in [5.41, 5.74) is 1.45. The molecule has 0 spiro atoms. The van der Waals surface area contributed by atoms with E-state index in [-0.39, 0.29) is 0 Å². The standard InChI is InChI=1S/C15H9BrClNO/c16-13-8-6-12(7-9-13)10-11-18(15(17)19)14-4-2-1-3-5-14/h1-9H. The highest BCUT2D eigenvalue weighted by atomic mass is 79.9. The van der Waals surface area contributed by atoms with Gasteiger partial charge in [-0.25, -0.2) is 4.90 Å². The predicted octanol–water partition coefficient (Wildman–Crippen LogP) is 4.62. The van der Waals surface area contributed by atoms with E-state index >= 15 is 0 Å². The number of rotatable bonds is 1. The molecule has 0 heterocycles. The van der Waals surface area contributed by atoms with E-state index in [0.29, 0.717) is 5.69 Å². The quantitative estimate of drug-likeness (QED) is 0.322. The number of amides is 1. The molecule has 4 heteroatoms. The second-order valence-electron chi connectivity index (χ2n) is 3.67. The van der Waals surface area contributed by atoms with E-state index in [1.54, 1.807) is 12.1 Å². The van der Waals surface area contributed by atoms with E-state index in [2.05, 4.69) is 27.9 Å². The van der Waals surface area contributed by atoms with E-state index in [9.17, 15) is 4.79 Å². The van der Waals surface area contributed by atoms with E-state index in [0.717, 1.165) is 10.0 Å². The lowest BCUT2D eigenvalue weighted by molar-refractivity contribution is 0.266. The molecule has 0 atom stereocenters. The van der Waals surface area contributed by atoms with Gasteiger partial charge in [0.2, 0.25) is 0 Å². The number of anilines is 1. The molecule has 0 saturated heterocycles. The first-order chi connectivity index (χ1) is 9.16. The van der Waals surface area contributed by atoms with Gasteiger partial charge >= 0.3 is 5.37 Å². The molecular formula is C15H9BrClNO. The number of halogens is 2. The molecule has 0 radical (unpaired) electrons. The van der Waals surface area contributed by atoms with Crippen molar-refractivity contribution >= 4 is 38.6 Å². The van der Waals surface area contributed by atoms with Gasteiger partial charge in [0.15, 0.2) is 0 Å². The lowest BCUT2D eigenvalue weighted by atomic mass is 10.2. The summed E-state index contributed by atoms with van der Waals surface area (Å²) in [6.07, 6.45) is 0. The van der Waals surface area contributed by atoms with Crippen molar-refractivity contribution in [2.45, 2.75) is 0 Å². The van der Waals surface area contributed by atoms with Crippen molar-refractivity contribution in [2.24, 2.45) is 0 Å². The first-order valence-electron chi connectivity index (χ1n) is 5.48. The lowest BCUT2D eigenvalue weighted by Crippen LogP contribution is -2.19. The summed E-state index contributed by atoms with van der Waals surface area (Å²) in [5, 5.41) is -0.629. The average molecular weight is 335 g/mol. The minimum Gasteiger partial charge on any atom is -0.254 e. The summed E-state index contributed by atoms with van der Waals surface area (Å²) >= 11 is 8.90. The number of carbonyl (C=O) groups excluding carboxylic acids is 1. The molecule has 0 aliphatic rings. The Morgan fingerprint density at radius 3 is 2.26 bits per heavy atom. The van der Waals surface area contributed by atoms with Crippen LogP contribution in [-0.2, 0) is 0 Å². The maximum Gasteiger partial charge on any atom is 0.332 e. The summed E-state index contributed by atoms with van der Waals surface area (Å²) in [6, 6.07) is 19.3. The van der Waals surface area contributed by atoms with Crippen LogP contribution in [0.15, 0.2) is 59.1 Å². The molecule has 94 valence electrons. The maximum absolute atomic E-state index is 11.4. The van der Waals surface area contributed by atoms with Gasteiger partial charge in [-0.2, -0.15) is 0 Å². The Kier molecular flexibility index (Phi) is 4.62. The Balaban J connectivity index is 2.28.